The molecule has 2 atom stereocenters. The Morgan fingerprint density at radius 1 is 0.775 bits per heavy atom. The first-order chi connectivity index (χ1) is 19.4. The third kappa shape index (κ3) is 4.75. The number of rotatable bonds is 7. The predicted octanol–water partition coefficient (Wildman–Crippen LogP) is 5.83. The molecule has 0 saturated carbocycles. The van der Waals surface area contributed by atoms with Crippen molar-refractivity contribution in [3.63, 3.8) is 0 Å². The van der Waals surface area contributed by atoms with Gasteiger partial charge in [-0.25, -0.2) is 9.59 Å². The maximum absolute atomic E-state index is 11.9. The molecule has 40 heavy (non-hydrogen) atoms. The number of fused-ring (bicyclic) bond motifs is 4. The van der Waals surface area contributed by atoms with Gasteiger partial charge in [0.25, 0.3) is 0 Å². The fraction of sp³-hybridized carbons (Fsp3) is 0.222. The molecule has 4 nitrogen and oxygen atoms in total. The van der Waals surface area contributed by atoms with Crippen LogP contribution in [0.25, 0.3) is 12.2 Å². The van der Waals surface area contributed by atoms with Crippen LogP contribution in [-0.2, 0) is 19.3 Å². The van der Waals surface area contributed by atoms with Gasteiger partial charge in [-0.15, -0.1) is 0 Å². The Labute approximate surface area is 233 Å². The van der Waals surface area contributed by atoms with Crippen molar-refractivity contribution in [1.82, 2.24) is 0 Å². The second-order valence-corrected chi connectivity index (χ2v) is 11.0. The number of benzene rings is 4. The Morgan fingerprint density at radius 3 is 2.20 bits per heavy atom. The molecule has 4 aromatic carbocycles. The monoisotopic (exact) mass is 528 g/mol. The molecule has 0 heterocycles. The number of hydrogen-bond acceptors (Lipinski definition) is 2. The molecule has 0 aromatic heterocycles. The second kappa shape index (κ2) is 10.6. The van der Waals surface area contributed by atoms with E-state index in [2.05, 4.69) is 67.6 Å². The molecule has 6 rings (SSSR count). The van der Waals surface area contributed by atoms with E-state index in [1.165, 1.54) is 57.0 Å². The van der Waals surface area contributed by atoms with Crippen LogP contribution in [0.3, 0.4) is 0 Å². The molecule has 2 N–H and O–H groups in total. The molecule has 0 radical (unpaired) electrons. The highest BCUT2D eigenvalue weighted by Gasteiger charge is 2.23. The van der Waals surface area contributed by atoms with Crippen molar-refractivity contribution in [2.24, 2.45) is 5.92 Å². The summed E-state index contributed by atoms with van der Waals surface area (Å²) in [4.78, 5) is 23.9. The van der Waals surface area contributed by atoms with Gasteiger partial charge in [0.2, 0.25) is 0 Å². The fourth-order valence-electron chi connectivity index (χ4n) is 6.58. The van der Waals surface area contributed by atoms with Crippen LogP contribution in [0.5, 0.6) is 0 Å². The molecule has 2 aliphatic carbocycles. The third-order valence-corrected chi connectivity index (χ3v) is 8.57. The summed E-state index contributed by atoms with van der Waals surface area (Å²) >= 11 is 0. The van der Waals surface area contributed by atoms with Crippen molar-refractivity contribution in [2.45, 2.75) is 44.9 Å². The van der Waals surface area contributed by atoms with Crippen molar-refractivity contribution >= 4 is 24.1 Å². The van der Waals surface area contributed by atoms with E-state index in [9.17, 15) is 19.8 Å². The van der Waals surface area contributed by atoms with Crippen molar-refractivity contribution in [3.8, 4) is 0 Å². The number of carboxylic acids is 2. The lowest BCUT2D eigenvalue weighted by molar-refractivity contribution is 0.0696. The van der Waals surface area contributed by atoms with Gasteiger partial charge < -0.3 is 10.2 Å². The Hall–Kier alpha value is -4.44. The van der Waals surface area contributed by atoms with Gasteiger partial charge >= 0.3 is 11.9 Å². The number of aromatic carboxylic acids is 2. The van der Waals surface area contributed by atoms with Crippen LogP contribution < -0.4 is 10.4 Å². The fourth-order valence-corrected chi connectivity index (χ4v) is 6.58. The second-order valence-electron chi connectivity index (χ2n) is 11.0. The molecule has 2 unspecified atom stereocenters. The number of carboxylic acid groups (broad SMARTS) is 2. The van der Waals surface area contributed by atoms with Crippen LogP contribution in [0, 0.1) is 16.4 Å². The Kier molecular flexibility index (Phi) is 6.85. The molecule has 0 bridgehead atoms. The molecule has 0 spiro atoms. The third-order valence-electron chi connectivity index (χ3n) is 8.57. The van der Waals surface area contributed by atoms with Crippen LogP contribution in [0.1, 0.15) is 74.2 Å². The van der Waals surface area contributed by atoms with Gasteiger partial charge in [0.05, 0.1) is 11.1 Å². The first kappa shape index (κ1) is 25.8. The average Bonchev–Trinajstić information content (AvgIpc) is 2.96. The van der Waals surface area contributed by atoms with Gasteiger partial charge in [-0.3, -0.25) is 0 Å². The molecule has 4 heteroatoms. The first-order valence-electron chi connectivity index (χ1n) is 14.0. The summed E-state index contributed by atoms with van der Waals surface area (Å²) in [7, 11) is 0. The number of hydrogen-bond donors (Lipinski definition) is 2. The van der Waals surface area contributed by atoms with E-state index in [1.54, 1.807) is 0 Å². The van der Waals surface area contributed by atoms with E-state index >= 15 is 0 Å². The predicted molar refractivity (Wildman–Crippen MR) is 157 cm³/mol. The van der Waals surface area contributed by atoms with Crippen molar-refractivity contribution < 1.29 is 19.8 Å². The summed E-state index contributed by atoms with van der Waals surface area (Å²) in [6, 6.07) is 25.8. The standard InChI is InChI=1S/C36H32O4/c1-2-22-11-15-29-25(17-22)13-16-30-28-14-12-24(20-33-31(35(37)38)9-6-10-32(33)36(39)40)19-26(28)21-27(34(29)30)18-23-7-4-3-5-8-23/h3-10,12-14,16-17,19,21-22,27H,2,11,15,18,20H2,1H3,(H,37,38)(H,39,40). The molecule has 200 valence electrons. The smallest absolute Gasteiger partial charge is 0.336 e. The Morgan fingerprint density at radius 2 is 1.50 bits per heavy atom. The highest BCUT2D eigenvalue weighted by Crippen LogP contribution is 2.31. The SMILES string of the molecule is CCC1C=c2ccc3c(c2CC1)C(Cc1ccccc1)C=c1cc(Cc2c(C(=O)O)cccc2C(=O)O)ccc1=3. The minimum atomic E-state index is -1.12. The molecule has 0 saturated heterocycles. The first-order valence-corrected chi connectivity index (χ1v) is 14.0. The zero-order chi connectivity index (χ0) is 27.8. The molecular weight excluding hydrogens is 496 g/mol. The summed E-state index contributed by atoms with van der Waals surface area (Å²) in [5, 5.41) is 24.4. The van der Waals surface area contributed by atoms with Crippen LogP contribution >= 0.6 is 0 Å². The summed E-state index contributed by atoms with van der Waals surface area (Å²) in [6.07, 6.45) is 9.38. The Balaban J connectivity index is 1.53. The van der Waals surface area contributed by atoms with E-state index in [-0.39, 0.29) is 23.5 Å². The summed E-state index contributed by atoms with van der Waals surface area (Å²) in [5.74, 6) is -1.40. The van der Waals surface area contributed by atoms with Gasteiger partial charge in [0.1, 0.15) is 0 Å². The largest absolute Gasteiger partial charge is 0.478 e. The van der Waals surface area contributed by atoms with Crippen LogP contribution in [0.4, 0.5) is 0 Å². The summed E-state index contributed by atoms with van der Waals surface area (Å²) in [6.45, 7) is 2.26. The lowest BCUT2D eigenvalue weighted by Gasteiger charge is -2.26. The van der Waals surface area contributed by atoms with Crippen LogP contribution in [-0.4, -0.2) is 22.2 Å². The molecule has 4 aromatic rings. The maximum Gasteiger partial charge on any atom is 0.336 e. The summed E-state index contributed by atoms with van der Waals surface area (Å²) < 4.78 is 0. The van der Waals surface area contributed by atoms with E-state index < -0.39 is 11.9 Å². The normalized spacial score (nSPS) is 17.0. The van der Waals surface area contributed by atoms with Crippen molar-refractivity contribution in [3.05, 3.63) is 139 Å². The number of carbonyl (C=O) groups is 2. The van der Waals surface area contributed by atoms with Crippen LogP contribution in [0.15, 0.2) is 78.9 Å². The lowest BCUT2D eigenvalue weighted by atomic mass is 9.78. The van der Waals surface area contributed by atoms with E-state index in [0.29, 0.717) is 11.5 Å². The molecular formula is C36H32O4. The van der Waals surface area contributed by atoms with E-state index in [4.69, 9.17) is 0 Å². The molecule has 0 fully saturated rings. The van der Waals surface area contributed by atoms with Gasteiger partial charge in [-0.2, -0.15) is 0 Å². The highest BCUT2D eigenvalue weighted by atomic mass is 16.4. The van der Waals surface area contributed by atoms with Gasteiger partial charge in [-0.05, 0) is 98.8 Å². The van der Waals surface area contributed by atoms with Crippen LogP contribution in [0.2, 0.25) is 0 Å². The van der Waals surface area contributed by atoms with Crippen molar-refractivity contribution in [1.29, 1.82) is 0 Å². The minimum absolute atomic E-state index is 0.0298. The highest BCUT2D eigenvalue weighted by molar-refractivity contribution is 5.96. The minimum Gasteiger partial charge on any atom is -0.478 e. The maximum atomic E-state index is 11.9. The quantitative estimate of drug-likeness (QED) is 0.316. The zero-order valence-corrected chi connectivity index (χ0v) is 22.6. The molecule has 0 aliphatic heterocycles. The topological polar surface area (TPSA) is 74.6 Å². The molecule has 2 aliphatic rings. The van der Waals surface area contributed by atoms with Gasteiger partial charge in [-0.1, -0.05) is 85.8 Å². The van der Waals surface area contributed by atoms with E-state index in [0.717, 1.165) is 30.0 Å². The Bertz CT molecular complexity index is 1820. The van der Waals surface area contributed by atoms with Gasteiger partial charge in [0.15, 0.2) is 0 Å². The molecule has 0 amide bonds. The average molecular weight is 529 g/mol. The summed E-state index contributed by atoms with van der Waals surface area (Å²) in [5.41, 5.74) is 5.47. The van der Waals surface area contributed by atoms with Gasteiger partial charge in [0, 0.05) is 5.92 Å². The zero-order valence-electron chi connectivity index (χ0n) is 22.6. The van der Waals surface area contributed by atoms with E-state index in [1.807, 2.05) is 12.1 Å². The lowest BCUT2D eigenvalue weighted by Crippen LogP contribution is -2.25. The van der Waals surface area contributed by atoms with Crippen molar-refractivity contribution in [2.75, 3.05) is 0 Å².